The molecule has 7 nitrogen and oxygen atoms in total. The summed E-state index contributed by atoms with van der Waals surface area (Å²) >= 11 is 0. The zero-order chi connectivity index (χ0) is 21.5. The van der Waals surface area contributed by atoms with Crippen molar-refractivity contribution in [3.8, 4) is 11.3 Å². The van der Waals surface area contributed by atoms with Gasteiger partial charge in [-0.1, -0.05) is 42.5 Å². The molecule has 1 aromatic heterocycles. The number of benzene rings is 2. The van der Waals surface area contributed by atoms with E-state index in [1.165, 1.54) is 4.90 Å². The number of aromatic amines is 1. The molecule has 0 unspecified atom stereocenters. The molecule has 0 radical (unpaired) electrons. The highest BCUT2D eigenvalue weighted by atomic mass is 16.6. The number of anilines is 1. The summed E-state index contributed by atoms with van der Waals surface area (Å²) in [4.78, 5) is 46.7. The number of carbonyl (C=O) groups is 3. The van der Waals surface area contributed by atoms with Gasteiger partial charge < -0.3 is 9.72 Å². The maximum Gasteiger partial charge on any atom is 0.415 e. The van der Waals surface area contributed by atoms with E-state index < -0.39 is 23.3 Å². The van der Waals surface area contributed by atoms with Crippen molar-refractivity contribution in [1.29, 1.82) is 0 Å². The second kappa shape index (κ2) is 7.26. The molecule has 152 valence electrons. The van der Waals surface area contributed by atoms with Gasteiger partial charge in [0.15, 0.2) is 0 Å². The van der Waals surface area contributed by atoms with Gasteiger partial charge in [-0.15, -0.1) is 0 Å². The number of H-pyrrole nitrogens is 1. The van der Waals surface area contributed by atoms with E-state index in [0.29, 0.717) is 28.3 Å². The Bertz CT molecular complexity index is 1140. The van der Waals surface area contributed by atoms with Crippen molar-refractivity contribution in [2.24, 2.45) is 0 Å². The smallest absolute Gasteiger partial charge is 0.415 e. The van der Waals surface area contributed by atoms with E-state index in [4.69, 9.17) is 4.74 Å². The predicted octanol–water partition coefficient (Wildman–Crippen LogP) is 4.40. The average Bonchev–Trinajstić information content (AvgIpc) is 3.14. The summed E-state index contributed by atoms with van der Waals surface area (Å²) in [5.41, 5.74) is 1.45. The topological polar surface area (TPSA) is 92.4 Å². The summed E-state index contributed by atoms with van der Waals surface area (Å²) in [5, 5.41) is 0. The fourth-order valence-electron chi connectivity index (χ4n) is 3.32. The Kier molecular flexibility index (Phi) is 4.73. The first kappa shape index (κ1) is 19.6. The number of imidazole rings is 1. The van der Waals surface area contributed by atoms with E-state index in [-0.39, 0.29) is 12.2 Å². The van der Waals surface area contributed by atoms with Crippen LogP contribution in [0.2, 0.25) is 0 Å². The number of carbonyl (C=O) groups excluding carboxylic acids is 3. The molecule has 1 heterocycles. The van der Waals surface area contributed by atoms with Gasteiger partial charge in [-0.25, -0.2) is 9.78 Å². The highest BCUT2D eigenvalue weighted by Gasteiger charge is 2.34. The number of amides is 1. The third-order valence-corrected chi connectivity index (χ3v) is 4.60. The maximum absolute atomic E-state index is 12.9. The Hall–Kier alpha value is -3.74. The minimum absolute atomic E-state index is 0.0512. The van der Waals surface area contributed by atoms with Crippen LogP contribution in [-0.2, 0) is 11.3 Å². The number of nitrogens with one attached hydrogen (secondary N) is 1. The van der Waals surface area contributed by atoms with Gasteiger partial charge in [0.1, 0.15) is 22.8 Å². The fraction of sp³-hybridized carbons (Fsp3) is 0.217. The number of rotatable bonds is 3. The quantitative estimate of drug-likeness (QED) is 0.655. The number of nitrogens with zero attached hydrogens (tertiary/aromatic N) is 2. The highest BCUT2D eigenvalue weighted by Crippen LogP contribution is 2.32. The van der Waals surface area contributed by atoms with Crippen molar-refractivity contribution in [3.05, 3.63) is 71.7 Å². The molecule has 1 aliphatic carbocycles. The summed E-state index contributed by atoms with van der Waals surface area (Å²) in [6.45, 7) is 5.43. The number of aromatic nitrogens is 2. The normalized spacial score (nSPS) is 12.9. The number of ether oxygens (including phenoxy) is 1. The molecule has 1 amide bonds. The van der Waals surface area contributed by atoms with Crippen molar-refractivity contribution in [3.63, 3.8) is 0 Å². The average molecular weight is 403 g/mol. The summed E-state index contributed by atoms with van der Waals surface area (Å²) in [7, 11) is 0. The molecule has 30 heavy (non-hydrogen) atoms. The fourth-order valence-corrected chi connectivity index (χ4v) is 3.32. The first-order valence-electron chi connectivity index (χ1n) is 9.57. The summed E-state index contributed by atoms with van der Waals surface area (Å²) < 4.78 is 5.55. The first-order chi connectivity index (χ1) is 14.2. The van der Waals surface area contributed by atoms with Crippen LogP contribution in [0.5, 0.6) is 0 Å². The molecule has 7 heteroatoms. The molecule has 0 bridgehead atoms. The summed E-state index contributed by atoms with van der Waals surface area (Å²) in [5.74, 6) is -0.820. The molecular weight excluding hydrogens is 382 g/mol. The van der Waals surface area contributed by atoms with Crippen molar-refractivity contribution < 1.29 is 19.1 Å². The Morgan fingerprint density at radius 3 is 2.27 bits per heavy atom. The lowest BCUT2D eigenvalue weighted by Gasteiger charge is -2.27. The molecule has 0 saturated heterocycles. The lowest BCUT2D eigenvalue weighted by molar-refractivity contribution is 0.0576. The first-order valence-corrected chi connectivity index (χ1v) is 9.57. The van der Waals surface area contributed by atoms with Gasteiger partial charge in [0.25, 0.3) is 5.78 Å². The maximum atomic E-state index is 12.9. The van der Waals surface area contributed by atoms with Gasteiger partial charge in [-0.05, 0) is 32.9 Å². The van der Waals surface area contributed by atoms with Gasteiger partial charge in [0, 0.05) is 16.8 Å². The van der Waals surface area contributed by atoms with E-state index >= 15 is 0 Å². The lowest BCUT2D eigenvalue weighted by atomic mass is 9.90. The summed E-state index contributed by atoms with van der Waals surface area (Å²) in [6, 6.07) is 15.9. The third kappa shape index (κ3) is 3.61. The van der Waals surface area contributed by atoms with Gasteiger partial charge >= 0.3 is 6.09 Å². The molecule has 1 aliphatic rings. The minimum atomic E-state index is -0.673. The molecule has 0 spiro atoms. The second-order valence-electron chi connectivity index (χ2n) is 8.01. The van der Waals surface area contributed by atoms with Crippen molar-refractivity contribution in [2.45, 2.75) is 32.9 Å². The number of ketones is 2. The number of para-hydroxylation sites is 1. The molecule has 1 N–H and O–H groups in total. The highest BCUT2D eigenvalue weighted by molar-refractivity contribution is 6.52. The van der Waals surface area contributed by atoms with E-state index in [1.807, 2.05) is 18.2 Å². The van der Waals surface area contributed by atoms with Crippen LogP contribution in [0.1, 0.15) is 47.4 Å². The van der Waals surface area contributed by atoms with Gasteiger partial charge in [-0.3, -0.25) is 14.5 Å². The minimum Gasteiger partial charge on any atom is -0.443 e. The standard InChI is InChI=1S/C23H21N3O4/c1-23(2,3)30-22(29)26(14-9-5-4-6-10-14)13-17-24-18-15-11-7-8-12-16(15)20(27)21(28)19(18)25-17/h4-12H,13H2,1-3H3,(H,24,25). The van der Waals surface area contributed by atoms with Crippen LogP contribution < -0.4 is 4.90 Å². The zero-order valence-corrected chi connectivity index (χ0v) is 16.9. The van der Waals surface area contributed by atoms with Crippen molar-refractivity contribution in [2.75, 3.05) is 4.90 Å². The third-order valence-electron chi connectivity index (χ3n) is 4.60. The number of fused-ring (bicyclic) bond motifs is 3. The Labute approximate surface area is 173 Å². The van der Waals surface area contributed by atoms with E-state index in [9.17, 15) is 14.4 Å². The Morgan fingerprint density at radius 1 is 0.967 bits per heavy atom. The molecule has 3 aromatic rings. The number of hydrogen-bond donors (Lipinski definition) is 1. The Morgan fingerprint density at radius 2 is 1.60 bits per heavy atom. The lowest BCUT2D eigenvalue weighted by Crippen LogP contribution is -2.36. The van der Waals surface area contributed by atoms with Crippen molar-refractivity contribution in [1.82, 2.24) is 9.97 Å². The predicted molar refractivity (Wildman–Crippen MR) is 112 cm³/mol. The molecule has 4 rings (SSSR count). The van der Waals surface area contributed by atoms with Gasteiger partial charge in [0.2, 0.25) is 5.78 Å². The molecule has 2 aromatic carbocycles. The molecular formula is C23H21N3O4. The molecule has 0 fully saturated rings. The Balaban J connectivity index is 1.72. The molecule has 0 atom stereocenters. The van der Waals surface area contributed by atoms with Crippen LogP contribution in [0.3, 0.4) is 0 Å². The molecule has 0 aliphatic heterocycles. The van der Waals surface area contributed by atoms with Crippen LogP contribution in [0, 0.1) is 0 Å². The largest absolute Gasteiger partial charge is 0.443 e. The van der Waals surface area contributed by atoms with Crippen LogP contribution in [0.4, 0.5) is 10.5 Å². The number of hydrogen-bond acceptors (Lipinski definition) is 5. The zero-order valence-electron chi connectivity index (χ0n) is 16.9. The van der Waals surface area contributed by atoms with E-state index in [0.717, 1.165) is 0 Å². The summed E-state index contributed by atoms with van der Waals surface area (Å²) in [6.07, 6.45) is -0.536. The second-order valence-corrected chi connectivity index (χ2v) is 8.01. The van der Waals surface area contributed by atoms with Gasteiger partial charge in [0.05, 0.1) is 6.54 Å². The monoisotopic (exact) mass is 403 g/mol. The van der Waals surface area contributed by atoms with Crippen LogP contribution in [0.25, 0.3) is 11.3 Å². The van der Waals surface area contributed by atoms with E-state index in [1.54, 1.807) is 57.2 Å². The van der Waals surface area contributed by atoms with Crippen LogP contribution in [0.15, 0.2) is 54.6 Å². The van der Waals surface area contributed by atoms with Crippen molar-refractivity contribution >= 4 is 23.3 Å². The van der Waals surface area contributed by atoms with Gasteiger partial charge in [-0.2, -0.15) is 0 Å². The number of Topliss-reactive ketones (excluding diaryl/α,β-unsaturated/α-hetero) is 2. The van der Waals surface area contributed by atoms with Crippen LogP contribution >= 0.6 is 0 Å². The SMILES string of the molecule is CC(C)(C)OC(=O)N(Cc1nc2c([nH]1)C(=O)C(=O)c1ccccc1-2)c1ccccc1. The van der Waals surface area contributed by atoms with Crippen LogP contribution in [-0.4, -0.2) is 33.2 Å². The molecule has 0 saturated carbocycles. The van der Waals surface area contributed by atoms with E-state index in [2.05, 4.69) is 9.97 Å².